The molecule has 0 bridgehead atoms. The van der Waals surface area contributed by atoms with Crippen LogP contribution >= 0.6 is 11.6 Å². The molecule has 0 atom stereocenters. The monoisotopic (exact) mass is 504 g/mol. The molecule has 2 fully saturated rings. The highest BCUT2D eigenvalue weighted by Crippen LogP contribution is 2.40. The molecule has 2 aromatic carbocycles. The summed E-state index contributed by atoms with van der Waals surface area (Å²) in [6.45, 7) is 2.31. The lowest BCUT2D eigenvalue weighted by molar-refractivity contribution is 0.224. The largest absolute Gasteiger partial charge is 0.207 e. The van der Waals surface area contributed by atoms with Gasteiger partial charge in [-0.05, 0) is 97.1 Å². The van der Waals surface area contributed by atoms with Crippen LogP contribution in [0.3, 0.4) is 0 Å². The first kappa shape index (κ1) is 26.6. The minimum Gasteiger partial charge on any atom is -0.207 e. The first-order chi connectivity index (χ1) is 16.9. The Bertz CT molecular complexity index is 933. The van der Waals surface area contributed by atoms with E-state index in [4.69, 9.17) is 11.6 Å². The number of rotatable bonds is 9. The quantitative estimate of drug-likeness (QED) is 0.298. The van der Waals surface area contributed by atoms with Crippen molar-refractivity contribution in [2.24, 2.45) is 17.8 Å². The Morgan fingerprint density at radius 3 is 1.77 bits per heavy atom. The summed E-state index contributed by atoms with van der Waals surface area (Å²) in [5.74, 6) is 1.46. The van der Waals surface area contributed by atoms with Crippen LogP contribution in [-0.4, -0.2) is 0 Å². The smallest absolute Gasteiger partial charge is 0.145 e. The Kier molecular flexibility index (Phi) is 9.61. The fraction of sp³-hybridized carbons (Fsp3) is 0.613. The Hall–Kier alpha value is -1.48. The topological polar surface area (TPSA) is 0 Å². The molecule has 4 rings (SSSR count). The molecule has 0 spiro atoms. The highest BCUT2D eigenvalue weighted by Gasteiger charge is 2.25. The number of hydrogen-bond donors (Lipinski definition) is 0. The van der Waals surface area contributed by atoms with E-state index in [1.165, 1.54) is 76.3 Å². The highest BCUT2D eigenvalue weighted by molar-refractivity contribution is 6.30. The minimum absolute atomic E-state index is 0.210. The lowest BCUT2D eigenvalue weighted by Crippen LogP contribution is -2.18. The number of halogens is 4. The summed E-state index contributed by atoms with van der Waals surface area (Å²) in [5.41, 5.74) is 2.18. The van der Waals surface area contributed by atoms with E-state index in [1.807, 2.05) is 6.07 Å². The SMILES string of the molecule is CCC[C@H]1CC[C@H](CCC2CCC(c3ccc(CCc4cc(F)c(Cl)c(F)c4)c(F)c3)CC2)CC1. The van der Waals surface area contributed by atoms with Gasteiger partial charge < -0.3 is 0 Å². The molecule has 2 aliphatic rings. The fourth-order valence-corrected chi connectivity index (χ4v) is 6.63. The van der Waals surface area contributed by atoms with Gasteiger partial charge in [0.2, 0.25) is 0 Å². The van der Waals surface area contributed by atoms with E-state index in [0.29, 0.717) is 29.9 Å². The lowest BCUT2D eigenvalue weighted by Gasteiger charge is -2.32. The van der Waals surface area contributed by atoms with E-state index in [-0.39, 0.29) is 5.82 Å². The fourth-order valence-electron chi connectivity index (χ4n) is 6.52. The highest BCUT2D eigenvalue weighted by atomic mass is 35.5. The average Bonchev–Trinajstić information content (AvgIpc) is 2.86. The zero-order valence-corrected chi connectivity index (χ0v) is 21.9. The van der Waals surface area contributed by atoms with E-state index >= 15 is 0 Å². The van der Waals surface area contributed by atoms with Crippen LogP contribution in [0.25, 0.3) is 0 Å². The van der Waals surface area contributed by atoms with Crippen LogP contribution in [0.1, 0.15) is 107 Å². The van der Waals surface area contributed by atoms with Crippen molar-refractivity contribution < 1.29 is 13.2 Å². The first-order valence-corrected chi connectivity index (χ1v) is 14.2. The van der Waals surface area contributed by atoms with Gasteiger partial charge in [-0.2, -0.15) is 0 Å². The minimum atomic E-state index is -0.771. The molecule has 192 valence electrons. The Morgan fingerprint density at radius 1 is 0.686 bits per heavy atom. The van der Waals surface area contributed by atoms with Gasteiger partial charge in [0.1, 0.15) is 22.5 Å². The maximum absolute atomic E-state index is 14.8. The molecule has 0 nitrogen and oxygen atoms in total. The van der Waals surface area contributed by atoms with Crippen molar-refractivity contribution in [3.63, 3.8) is 0 Å². The van der Waals surface area contributed by atoms with Crippen molar-refractivity contribution in [3.05, 3.63) is 69.5 Å². The van der Waals surface area contributed by atoms with Gasteiger partial charge in [-0.15, -0.1) is 0 Å². The van der Waals surface area contributed by atoms with Crippen LogP contribution in [0.4, 0.5) is 13.2 Å². The molecule has 0 heterocycles. The maximum atomic E-state index is 14.8. The molecule has 0 radical (unpaired) electrons. The van der Waals surface area contributed by atoms with E-state index in [0.717, 1.165) is 36.2 Å². The molecule has 0 saturated heterocycles. The predicted molar refractivity (Wildman–Crippen MR) is 139 cm³/mol. The Balaban J connectivity index is 1.22. The maximum Gasteiger partial charge on any atom is 0.145 e. The van der Waals surface area contributed by atoms with Gasteiger partial charge in [0, 0.05) is 0 Å². The molecule has 0 aliphatic heterocycles. The Labute approximate surface area is 214 Å². The van der Waals surface area contributed by atoms with Gasteiger partial charge in [-0.1, -0.05) is 82.0 Å². The molecule has 4 heteroatoms. The van der Waals surface area contributed by atoms with Crippen LogP contribution in [-0.2, 0) is 12.8 Å². The first-order valence-electron chi connectivity index (χ1n) is 13.8. The third kappa shape index (κ3) is 7.28. The molecule has 2 aliphatic carbocycles. The summed E-state index contributed by atoms with van der Waals surface area (Å²) in [5, 5.41) is -0.492. The average molecular weight is 505 g/mol. The van der Waals surface area contributed by atoms with Crippen LogP contribution in [0.5, 0.6) is 0 Å². The third-order valence-electron chi connectivity index (χ3n) is 8.77. The van der Waals surface area contributed by atoms with Crippen molar-refractivity contribution in [1.29, 1.82) is 0 Å². The van der Waals surface area contributed by atoms with Crippen molar-refractivity contribution >= 4 is 11.6 Å². The second-order valence-electron chi connectivity index (χ2n) is 11.2. The zero-order chi connectivity index (χ0) is 24.8. The molecule has 0 unspecified atom stereocenters. The molecule has 2 aromatic rings. The molecule has 0 amide bonds. The molecule has 0 aromatic heterocycles. The van der Waals surface area contributed by atoms with Crippen LogP contribution in [0, 0.1) is 35.2 Å². The molecule has 35 heavy (non-hydrogen) atoms. The molecular weight excluding hydrogens is 465 g/mol. The van der Waals surface area contributed by atoms with E-state index in [9.17, 15) is 13.2 Å². The number of benzene rings is 2. The summed E-state index contributed by atoms with van der Waals surface area (Å²) in [4.78, 5) is 0. The summed E-state index contributed by atoms with van der Waals surface area (Å²) in [6, 6.07) is 8.06. The van der Waals surface area contributed by atoms with Gasteiger partial charge in [-0.3, -0.25) is 0 Å². The second kappa shape index (κ2) is 12.7. The second-order valence-corrected chi connectivity index (χ2v) is 11.6. The lowest BCUT2D eigenvalue weighted by atomic mass is 9.74. The molecule has 0 N–H and O–H groups in total. The summed E-state index contributed by atoms with van der Waals surface area (Å²) < 4.78 is 42.2. The van der Waals surface area contributed by atoms with Crippen LogP contribution in [0.15, 0.2) is 30.3 Å². The van der Waals surface area contributed by atoms with Crippen LogP contribution < -0.4 is 0 Å². The van der Waals surface area contributed by atoms with Crippen LogP contribution in [0.2, 0.25) is 5.02 Å². The molecular formula is C31H40ClF3. The van der Waals surface area contributed by atoms with Gasteiger partial charge in [-0.25, -0.2) is 13.2 Å². The van der Waals surface area contributed by atoms with Gasteiger partial charge in [0.25, 0.3) is 0 Å². The number of aryl methyl sites for hydroxylation is 2. The van der Waals surface area contributed by atoms with E-state index in [1.54, 1.807) is 6.07 Å². The normalized spacial score (nSPS) is 25.1. The Morgan fingerprint density at radius 2 is 1.23 bits per heavy atom. The standard InChI is InChI=1S/C31H40ClF3/c1-2-3-21-4-6-22(7-5-21)8-9-23-10-13-25(14-11-23)27-17-16-26(28(33)20-27)15-12-24-18-29(34)31(32)30(35)19-24/h16-23,25H,2-15H2,1H3/t21-,22-,23?,25?. The zero-order valence-electron chi connectivity index (χ0n) is 21.1. The molecule has 2 saturated carbocycles. The number of hydrogen-bond acceptors (Lipinski definition) is 0. The summed E-state index contributed by atoms with van der Waals surface area (Å²) in [6.07, 6.45) is 16.9. The van der Waals surface area contributed by atoms with Crippen molar-refractivity contribution in [3.8, 4) is 0 Å². The van der Waals surface area contributed by atoms with E-state index in [2.05, 4.69) is 13.0 Å². The van der Waals surface area contributed by atoms with Crippen molar-refractivity contribution in [2.45, 2.75) is 103 Å². The van der Waals surface area contributed by atoms with Gasteiger partial charge in [0.15, 0.2) is 0 Å². The summed E-state index contributed by atoms with van der Waals surface area (Å²) >= 11 is 5.55. The van der Waals surface area contributed by atoms with E-state index < -0.39 is 16.7 Å². The van der Waals surface area contributed by atoms with Crippen molar-refractivity contribution in [2.75, 3.05) is 0 Å². The van der Waals surface area contributed by atoms with Crippen molar-refractivity contribution in [1.82, 2.24) is 0 Å². The third-order valence-corrected chi connectivity index (χ3v) is 9.13. The summed E-state index contributed by atoms with van der Waals surface area (Å²) in [7, 11) is 0. The van der Waals surface area contributed by atoms with Gasteiger partial charge in [0.05, 0.1) is 0 Å². The predicted octanol–water partition coefficient (Wildman–Crippen LogP) is 10.2. The van der Waals surface area contributed by atoms with Gasteiger partial charge >= 0.3 is 0 Å².